The number of anilines is 1. The van der Waals surface area contributed by atoms with E-state index in [0.29, 0.717) is 21.5 Å². The molecule has 2 N–H and O–H groups in total. The summed E-state index contributed by atoms with van der Waals surface area (Å²) in [6.07, 6.45) is 0. The first kappa shape index (κ1) is 15.9. The van der Waals surface area contributed by atoms with Crippen molar-refractivity contribution in [3.05, 3.63) is 51.2 Å². The van der Waals surface area contributed by atoms with Crippen LogP contribution in [0.2, 0.25) is 5.02 Å². The highest BCUT2D eigenvalue weighted by Crippen LogP contribution is 2.36. The van der Waals surface area contributed by atoms with E-state index in [-0.39, 0.29) is 16.8 Å². The van der Waals surface area contributed by atoms with Crippen molar-refractivity contribution in [3.63, 3.8) is 0 Å². The second-order valence-electron chi connectivity index (χ2n) is 4.54. The quantitative estimate of drug-likeness (QED) is 0.779. The minimum absolute atomic E-state index is 0.115. The van der Waals surface area contributed by atoms with Gasteiger partial charge < -0.3 is 15.2 Å². The van der Waals surface area contributed by atoms with Crippen LogP contribution < -0.4 is 10.1 Å². The summed E-state index contributed by atoms with van der Waals surface area (Å²) in [7, 11) is 1.53. The average Bonchev–Trinajstić information content (AvgIpc) is 2.42. The zero-order valence-electron chi connectivity index (χ0n) is 11.5. The van der Waals surface area contributed by atoms with Crippen molar-refractivity contribution in [2.75, 3.05) is 12.4 Å². The number of hydrogen-bond donors (Lipinski definition) is 2. The summed E-state index contributed by atoms with van der Waals surface area (Å²) in [6, 6.07) is 7.39. The second kappa shape index (κ2) is 6.54. The number of ether oxygens (including phenoxy) is 1. The highest BCUT2D eigenvalue weighted by molar-refractivity contribution is 9.10. The summed E-state index contributed by atoms with van der Waals surface area (Å²) in [4.78, 5) is 0. The van der Waals surface area contributed by atoms with Gasteiger partial charge in [0.25, 0.3) is 0 Å². The Kier molecular flexibility index (Phi) is 4.96. The third kappa shape index (κ3) is 3.60. The molecule has 0 amide bonds. The predicted octanol–water partition coefficient (Wildman–Crippen LogP) is 5.13. The average molecular weight is 375 g/mol. The lowest BCUT2D eigenvalue weighted by Crippen LogP contribution is -2.08. The Labute approximate surface area is 135 Å². The molecule has 0 aliphatic carbocycles. The number of phenolic OH excluding ortho intramolecular Hbond substituents is 1. The fourth-order valence-corrected chi connectivity index (χ4v) is 2.91. The SMILES string of the molecule is COc1ccc(C(C)Nc2c(Cl)cc(F)cc2Br)c(O)c1. The highest BCUT2D eigenvalue weighted by atomic mass is 79.9. The fourth-order valence-electron chi connectivity index (χ4n) is 1.99. The Morgan fingerprint density at radius 2 is 2.05 bits per heavy atom. The first-order valence-corrected chi connectivity index (χ1v) is 7.37. The normalized spacial score (nSPS) is 12.0. The van der Waals surface area contributed by atoms with Crippen LogP contribution in [0.4, 0.5) is 10.1 Å². The van der Waals surface area contributed by atoms with Gasteiger partial charge in [0.05, 0.1) is 23.9 Å². The van der Waals surface area contributed by atoms with E-state index in [1.807, 2.05) is 6.92 Å². The van der Waals surface area contributed by atoms with Crippen LogP contribution in [0, 0.1) is 5.82 Å². The van der Waals surface area contributed by atoms with Gasteiger partial charge in [-0.25, -0.2) is 4.39 Å². The van der Waals surface area contributed by atoms with Crippen molar-refractivity contribution in [1.82, 2.24) is 0 Å². The van der Waals surface area contributed by atoms with Crippen LogP contribution in [0.1, 0.15) is 18.5 Å². The van der Waals surface area contributed by atoms with Gasteiger partial charge in [-0.3, -0.25) is 0 Å². The Bertz CT molecular complexity index is 643. The Morgan fingerprint density at radius 1 is 1.33 bits per heavy atom. The lowest BCUT2D eigenvalue weighted by Gasteiger charge is -2.19. The highest BCUT2D eigenvalue weighted by Gasteiger charge is 2.15. The molecule has 0 aliphatic heterocycles. The lowest BCUT2D eigenvalue weighted by molar-refractivity contribution is 0.406. The van der Waals surface area contributed by atoms with Gasteiger partial charge in [-0.05, 0) is 47.1 Å². The van der Waals surface area contributed by atoms with E-state index in [1.54, 1.807) is 12.1 Å². The molecular weight excluding hydrogens is 361 g/mol. The molecule has 21 heavy (non-hydrogen) atoms. The summed E-state index contributed by atoms with van der Waals surface area (Å²) >= 11 is 9.31. The van der Waals surface area contributed by atoms with Gasteiger partial charge in [0.1, 0.15) is 17.3 Å². The van der Waals surface area contributed by atoms with E-state index in [1.165, 1.54) is 25.3 Å². The molecule has 0 bridgehead atoms. The zero-order chi connectivity index (χ0) is 15.6. The monoisotopic (exact) mass is 373 g/mol. The molecule has 0 radical (unpaired) electrons. The molecule has 0 fully saturated rings. The molecule has 1 atom stereocenters. The Balaban J connectivity index is 2.28. The summed E-state index contributed by atoms with van der Waals surface area (Å²) in [5.74, 6) is 0.269. The van der Waals surface area contributed by atoms with Crippen LogP contribution in [0.15, 0.2) is 34.8 Å². The third-order valence-corrected chi connectivity index (χ3v) is 4.00. The van der Waals surface area contributed by atoms with E-state index in [4.69, 9.17) is 16.3 Å². The molecule has 0 saturated heterocycles. The van der Waals surface area contributed by atoms with Gasteiger partial charge in [-0.2, -0.15) is 0 Å². The number of nitrogens with one attached hydrogen (secondary N) is 1. The molecule has 3 nitrogen and oxygen atoms in total. The molecule has 112 valence electrons. The minimum atomic E-state index is -0.419. The Morgan fingerprint density at radius 3 is 2.62 bits per heavy atom. The minimum Gasteiger partial charge on any atom is -0.507 e. The van der Waals surface area contributed by atoms with Gasteiger partial charge in [-0.15, -0.1) is 0 Å². The lowest BCUT2D eigenvalue weighted by atomic mass is 10.1. The van der Waals surface area contributed by atoms with Crippen molar-refractivity contribution in [3.8, 4) is 11.5 Å². The van der Waals surface area contributed by atoms with Gasteiger partial charge >= 0.3 is 0 Å². The van der Waals surface area contributed by atoms with Crippen molar-refractivity contribution in [1.29, 1.82) is 0 Å². The first-order chi connectivity index (χ1) is 9.92. The molecular formula is C15H14BrClFNO2. The number of phenols is 1. The van der Waals surface area contributed by atoms with Crippen molar-refractivity contribution < 1.29 is 14.2 Å². The van der Waals surface area contributed by atoms with Crippen LogP contribution >= 0.6 is 27.5 Å². The van der Waals surface area contributed by atoms with E-state index in [9.17, 15) is 9.50 Å². The first-order valence-electron chi connectivity index (χ1n) is 6.20. The number of rotatable bonds is 4. The predicted molar refractivity (Wildman–Crippen MR) is 85.8 cm³/mol. The maximum Gasteiger partial charge on any atom is 0.125 e. The maximum atomic E-state index is 13.2. The molecule has 0 aromatic heterocycles. The Hall–Kier alpha value is -1.46. The number of aromatic hydroxyl groups is 1. The van der Waals surface area contributed by atoms with E-state index in [0.717, 1.165) is 0 Å². The van der Waals surface area contributed by atoms with Gasteiger partial charge in [-0.1, -0.05) is 11.6 Å². The topological polar surface area (TPSA) is 41.5 Å². The van der Waals surface area contributed by atoms with Crippen molar-refractivity contribution in [2.45, 2.75) is 13.0 Å². The molecule has 0 heterocycles. The zero-order valence-corrected chi connectivity index (χ0v) is 13.8. The fraction of sp³-hybridized carbons (Fsp3) is 0.200. The van der Waals surface area contributed by atoms with Crippen LogP contribution in [0.3, 0.4) is 0 Å². The number of benzene rings is 2. The number of methoxy groups -OCH3 is 1. The number of hydrogen-bond acceptors (Lipinski definition) is 3. The molecule has 0 spiro atoms. The number of halogens is 3. The molecule has 2 aromatic rings. The summed E-state index contributed by atoms with van der Waals surface area (Å²) in [5.41, 5.74) is 1.25. The summed E-state index contributed by atoms with van der Waals surface area (Å²) < 4.78 is 18.8. The van der Waals surface area contributed by atoms with Crippen LogP contribution in [0.25, 0.3) is 0 Å². The van der Waals surface area contributed by atoms with Gasteiger partial charge in [0.2, 0.25) is 0 Å². The maximum absolute atomic E-state index is 13.2. The van der Waals surface area contributed by atoms with Crippen molar-refractivity contribution in [2.24, 2.45) is 0 Å². The molecule has 2 rings (SSSR count). The second-order valence-corrected chi connectivity index (χ2v) is 5.80. The third-order valence-electron chi connectivity index (χ3n) is 3.07. The van der Waals surface area contributed by atoms with Gasteiger partial charge in [0, 0.05) is 16.1 Å². The van der Waals surface area contributed by atoms with Crippen molar-refractivity contribution >= 4 is 33.2 Å². The van der Waals surface area contributed by atoms with Crippen LogP contribution in [0.5, 0.6) is 11.5 Å². The smallest absolute Gasteiger partial charge is 0.125 e. The largest absolute Gasteiger partial charge is 0.507 e. The molecule has 0 saturated carbocycles. The van der Waals surface area contributed by atoms with Crippen LogP contribution in [-0.2, 0) is 0 Å². The van der Waals surface area contributed by atoms with E-state index < -0.39 is 5.82 Å². The molecule has 0 aliphatic rings. The van der Waals surface area contributed by atoms with E-state index >= 15 is 0 Å². The molecule has 1 unspecified atom stereocenters. The summed E-state index contributed by atoms with van der Waals surface area (Å²) in [5, 5.41) is 13.4. The molecule has 2 aromatic carbocycles. The van der Waals surface area contributed by atoms with E-state index in [2.05, 4.69) is 21.2 Å². The standard InChI is InChI=1S/C15H14BrClFNO2/c1-8(11-4-3-10(21-2)7-14(11)20)19-15-12(16)5-9(18)6-13(15)17/h3-8,19-20H,1-2H3. The van der Waals surface area contributed by atoms with Gasteiger partial charge in [0.15, 0.2) is 0 Å². The molecule has 6 heteroatoms. The summed E-state index contributed by atoms with van der Waals surface area (Å²) in [6.45, 7) is 1.87. The van der Waals surface area contributed by atoms with Crippen LogP contribution in [-0.4, -0.2) is 12.2 Å².